The number of guanidine groups is 1. The van der Waals surface area contributed by atoms with E-state index in [4.69, 9.17) is 0 Å². The Morgan fingerprint density at radius 3 is 2.81 bits per heavy atom. The summed E-state index contributed by atoms with van der Waals surface area (Å²) in [7, 11) is 1.82. The Labute approximate surface area is 179 Å². The standard InChI is InChI=1S/C20H30N6.HI/c1-21-20(22-12-6-10-16-7-3-2-4-8-16)23-14-17-9-5-11-18(13-17)19-24-15-25-26-19;/h5,9,11,13,15-16H,2-4,6-8,10,12,14H2,1H3,(H2,21,22,23)(H,24,25,26);1H. The minimum Gasteiger partial charge on any atom is -0.356 e. The van der Waals surface area contributed by atoms with Crippen LogP contribution in [0.5, 0.6) is 0 Å². The lowest BCUT2D eigenvalue weighted by Crippen LogP contribution is -2.37. The van der Waals surface area contributed by atoms with Gasteiger partial charge in [0.2, 0.25) is 0 Å². The SMILES string of the molecule is CN=C(NCCCC1CCCCC1)NCc1cccc(-c2ncn[nH]2)c1.I. The number of nitrogens with one attached hydrogen (secondary N) is 3. The molecule has 3 rings (SSSR count). The van der Waals surface area contributed by atoms with Gasteiger partial charge < -0.3 is 10.6 Å². The lowest BCUT2D eigenvalue weighted by Gasteiger charge is -2.21. The van der Waals surface area contributed by atoms with E-state index < -0.39 is 0 Å². The first-order chi connectivity index (χ1) is 12.8. The summed E-state index contributed by atoms with van der Waals surface area (Å²) in [5, 5.41) is 13.6. The second-order valence-electron chi connectivity index (χ2n) is 7.03. The van der Waals surface area contributed by atoms with Gasteiger partial charge in [-0.1, -0.05) is 50.3 Å². The summed E-state index contributed by atoms with van der Waals surface area (Å²) >= 11 is 0. The van der Waals surface area contributed by atoms with Gasteiger partial charge in [0.05, 0.1) is 0 Å². The van der Waals surface area contributed by atoms with E-state index in [0.29, 0.717) is 0 Å². The molecule has 0 aliphatic heterocycles. The molecule has 1 fully saturated rings. The number of aromatic nitrogens is 3. The smallest absolute Gasteiger partial charge is 0.191 e. The molecule has 2 aromatic rings. The molecule has 0 atom stereocenters. The quantitative estimate of drug-likeness (QED) is 0.240. The number of nitrogens with zero attached hydrogens (tertiary/aromatic N) is 3. The van der Waals surface area contributed by atoms with Crippen LogP contribution >= 0.6 is 24.0 Å². The molecule has 0 saturated heterocycles. The first-order valence-electron chi connectivity index (χ1n) is 9.74. The summed E-state index contributed by atoms with van der Waals surface area (Å²) in [6.07, 6.45) is 11.2. The molecule has 0 amide bonds. The van der Waals surface area contributed by atoms with Gasteiger partial charge >= 0.3 is 0 Å². The van der Waals surface area contributed by atoms with Gasteiger partial charge in [0.1, 0.15) is 6.33 Å². The van der Waals surface area contributed by atoms with Gasteiger partial charge in [0.25, 0.3) is 0 Å². The van der Waals surface area contributed by atoms with E-state index >= 15 is 0 Å². The van der Waals surface area contributed by atoms with Crippen LogP contribution in [0.1, 0.15) is 50.5 Å². The predicted molar refractivity (Wildman–Crippen MR) is 121 cm³/mol. The largest absolute Gasteiger partial charge is 0.356 e. The van der Waals surface area contributed by atoms with Gasteiger partial charge in [-0.3, -0.25) is 10.1 Å². The van der Waals surface area contributed by atoms with Crippen molar-refractivity contribution < 1.29 is 0 Å². The molecule has 1 heterocycles. The number of aromatic amines is 1. The van der Waals surface area contributed by atoms with Crippen molar-refractivity contribution in [2.75, 3.05) is 13.6 Å². The molecule has 0 radical (unpaired) electrons. The normalized spacial score (nSPS) is 15.2. The molecule has 1 saturated carbocycles. The van der Waals surface area contributed by atoms with Crippen molar-refractivity contribution in [1.29, 1.82) is 0 Å². The molecule has 3 N–H and O–H groups in total. The molecule has 1 aromatic carbocycles. The molecule has 1 aromatic heterocycles. The van der Waals surface area contributed by atoms with Crippen LogP contribution < -0.4 is 10.6 Å². The summed E-state index contributed by atoms with van der Waals surface area (Å²) in [5.41, 5.74) is 2.22. The Balaban J connectivity index is 0.00000261. The van der Waals surface area contributed by atoms with Crippen molar-refractivity contribution in [2.24, 2.45) is 10.9 Å². The fraction of sp³-hybridized carbons (Fsp3) is 0.550. The van der Waals surface area contributed by atoms with Crippen LogP contribution in [-0.4, -0.2) is 34.7 Å². The van der Waals surface area contributed by atoms with Crippen LogP contribution in [-0.2, 0) is 6.54 Å². The molecule has 7 heteroatoms. The number of halogens is 1. The highest BCUT2D eigenvalue weighted by molar-refractivity contribution is 14.0. The van der Waals surface area contributed by atoms with E-state index in [-0.39, 0.29) is 24.0 Å². The van der Waals surface area contributed by atoms with Crippen LogP contribution in [0, 0.1) is 5.92 Å². The molecule has 1 aliphatic rings. The highest BCUT2D eigenvalue weighted by Crippen LogP contribution is 2.26. The number of hydrogen-bond acceptors (Lipinski definition) is 3. The lowest BCUT2D eigenvalue weighted by molar-refractivity contribution is 0.332. The van der Waals surface area contributed by atoms with Gasteiger partial charge in [-0.25, -0.2) is 4.98 Å². The average Bonchev–Trinajstić information content (AvgIpc) is 3.23. The van der Waals surface area contributed by atoms with E-state index in [9.17, 15) is 0 Å². The molecular formula is C20H31IN6. The second kappa shape index (κ2) is 11.9. The number of aliphatic imine (C=N–C) groups is 1. The van der Waals surface area contributed by atoms with Crippen LogP contribution in [0.4, 0.5) is 0 Å². The third-order valence-electron chi connectivity index (χ3n) is 5.11. The zero-order valence-electron chi connectivity index (χ0n) is 16.1. The van der Waals surface area contributed by atoms with Crippen molar-refractivity contribution in [2.45, 2.75) is 51.5 Å². The fourth-order valence-electron chi connectivity index (χ4n) is 3.65. The average molecular weight is 482 g/mol. The number of rotatable bonds is 7. The first kappa shape index (κ1) is 21.7. The summed E-state index contributed by atoms with van der Waals surface area (Å²) in [4.78, 5) is 8.53. The summed E-state index contributed by atoms with van der Waals surface area (Å²) in [5.74, 6) is 2.59. The third kappa shape index (κ3) is 7.12. The summed E-state index contributed by atoms with van der Waals surface area (Å²) in [6, 6.07) is 8.28. The maximum absolute atomic E-state index is 4.33. The van der Waals surface area contributed by atoms with E-state index in [2.05, 4.69) is 42.9 Å². The van der Waals surface area contributed by atoms with Crippen LogP contribution in [0.3, 0.4) is 0 Å². The van der Waals surface area contributed by atoms with Gasteiger partial charge in [-0.2, -0.15) is 5.10 Å². The first-order valence-corrected chi connectivity index (χ1v) is 9.74. The van der Waals surface area contributed by atoms with Crippen LogP contribution in [0.2, 0.25) is 0 Å². The summed E-state index contributed by atoms with van der Waals surface area (Å²) in [6.45, 7) is 1.71. The predicted octanol–water partition coefficient (Wildman–Crippen LogP) is 4.12. The van der Waals surface area contributed by atoms with Crippen molar-refractivity contribution in [3.8, 4) is 11.4 Å². The molecule has 0 unspecified atom stereocenters. The molecule has 6 nitrogen and oxygen atoms in total. The van der Waals surface area contributed by atoms with Crippen molar-refractivity contribution in [3.05, 3.63) is 36.2 Å². The van der Waals surface area contributed by atoms with Crippen LogP contribution in [0.25, 0.3) is 11.4 Å². The van der Waals surface area contributed by atoms with Crippen molar-refractivity contribution in [3.63, 3.8) is 0 Å². The summed E-state index contributed by atoms with van der Waals surface area (Å²) < 4.78 is 0. The lowest BCUT2D eigenvalue weighted by atomic mass is 9.86. The minimum atomic E-state index is 0. The molecular weight excluding hydrogens is 451 g/mol. The van der Waals surface area contributed by atoms with Crippen LogP contribution in [0.15, 0.2) is 35.6 Å². The van der Waals surface area contributed by atoms with Gasteiger partial charge in [0, 0.05) is 25.7 Å². The Hall–Kier alpha value is -1.64. The Kier molecular flexibility index (Phi) is 9.58. The van der Waals surface area contributed by atoms with E-state index in [1.54, 1.807) is 0 Å². The highest BCUT2D eigenvalue weighted by Gasteiger charge is 2.12. The zero-order valence-corrected chi connectivity index (χ0v) is 18.4. The Morgan fingerprint density at radius 2 is 2.07 bits per heavy atom. The molecule has 148 valence electrons. The number of hydrogen-bond donors (Lipinski definition) is 3. The van der Waals surface area contributed by atoms with E-state index in [1.165, 1.54) is 56.8 Å². The van der Waals surface area contributed by atoms with E-state index in [0.717, 1.165) is 36.4 Å². The third-order valence-corrected chi connectivity index (χ3v) is 5.11. The van der Waals surface area contributed by atoms with Gasteiger partial charge in [0.15, 0.2) is 11.8 Å². The zero-order chi connectivity index (χ0) is 18.0. The molecule has 1 aliphatic carbocycles. The number of H-pyrrole nitrogens is 1. The topological polar surface area (TPSA) is 78.0 Å². The molecule has 0 bridgehead atoms. The maximum atomic E-state index is 4.33. The van der Waals surface area contributed by atoms with Gasteiger partial charge in [-0.15, -0.1) is 24.0 Å². The Morgan fingerprint density at radius 1 is 1.22 bits per heavy atom. The minimum absolute atomic E-state index is 0. The molecule has 27 heavy (non-hydrogen) atoms. The van der Waals surface area contributed by atoms with Gasteiger partial charge in [-0.05, 0) is 30.4 Å². The maximum Gasteiger partial charge on any atom is 0.191 e. The monoisotopic (exact) mass is 482 g/mol. The second-order valence-corrected chi connectivity index (χ2v) is 7.03. The van der Waals surface area contributed by atoms with Crippen molar-refractivity contribution >= 4 is 29.9 Å². The Bertz CT molecular complexity index is 680. The fourth-order valence-corrected chi connectivity index (χ4v) is 3.65. The highest BCUT2D eigenvalue weighted by atomic mass is 127. The number of benzene rings is 1. The van der Waals surface area contributed by atoms with Crippen molar-refractivity contribution in [1.82, 2.24) is 25.8 Å². The van der Waals surface area contributed by atoms with E-state index in [1.807, 2.05) is 19.2 Å². The molecule has 0 spiro atoms.